The van der Waals surface area contributed by atoms with E-state index in [0.29, 0.717) is 0 Å². The van der Waals surface area contributed by atoms with Crippen LogP contribution >= 0.6 is 11.6 Å². The van der Waals surface area contributed by atoms with Crippen LogP contribution in [0.2, 0.25) is 5.02 Å². The molecule has 7 heteroatoms. The van der Waals surface area contributed by atoms with E-state index >= 15 is 0 Å². The molecule has 2 aromatic rings. The van der Waals surface area contributed by atoms with Crippen LogP contribution in [-0.4, -0.2) is 11.8 Å². The van der Waals surface area contributed by atoms with Crippen LogP contribution in [0.5, 0.6) is 0 Å². The lowest BCUT2D eigenvalue weighted by atomic mass is 10.2. The number of hydrogen-bond donors (Lipinski definition) is 2. The molecular formula is C14H9ClF2N2O2. The predicted octanol–water partition coefficient (Wildman–Crippen LogP) is 2.69. The first-order valence-corrected chi connectivity index (χ1v) is 6.17. The largest absolute Gasteiger partial charge is 0.271 e. The monoisotopic (exact) mass is 310 g/mol. The zero-order valence-corrected chi connectivity index (χ0v) is 11.2. The molecule has 2 N–H and O–H groups in total. The number of carbonyl (C=O) groups excluding carboxylic acids is 2. The highest BCUT2D eigenvalue weighted by molar-refractivity contribution is 6.33. The van der Waals surface area contributed by atoms with Gasteiger partial charge in [-0.1, -0.05) is 23.7 Å². The Morgan fingerprint density at radius 3 is 2.24 bits per heavy atom. The van der Waals surface area contributed by atoms with Gasteiger partial charge in [-0.25, -0.2) is 8.78 Å². The van der Waals surface area contributed by atoms with Gasteiger partial charge < -0.3 is 0 Å². The van der Waals surface area contributed by atoms with E-state index < -0.39 is 23.4 Å². The molecule has 0 saturated heterocycles. The Bertz CT molecular complexity index is 707. The highest BCUT2D eigenvalue weighted by atomic mass is 35.5. The van der Waals surface area contributed by atoms with Gasteiger partial charge in [0, 0.05) is 5.56 Å². The summed E-state index contributed by atoms with van der Waals surface area (Å²) < 4.78 is 25.7. The minimum atomic E-state index is -1.15. The minimum absolute atomic E-state index is 0.131. The zero-order chi connectivity index (χ0) is 15.4. The first-order valence-electron chi connectivity index (χ1n) is 5.79. The molecule has 21 heavy (non-hydrogen) atoms. The topological polar surface area (TPSA) is 58.2 Å². The van der Waals surface area contributed by atoms with Crippen molar-refractivity contribution in [3.8, 4) is 0 Å². The van der Waals surface area contributed by atoms with E-state index in [4.69, 9.17) is 11.6 Å². The van der Waals surface area contributed by atoms with Gasteiger partial charge in [0.1, 0.15) is 0 Å². The minimum Gasteiger partial charge on any atom is -0.267 e. The number of amides is 2. The highest BCUT2D eigenvalue weighted by Crippen LogP contribution is 2.14. The average molecular weight is 311 g/mol. The molecule has 0 spiro atoms. The molecule has 108 valence electrons. The second-order valence-corrected chi connectivity index (χ2v) is 4.42. The van der Waals surface area contributed by atoms with Crippen molar-refractivity contribution in [2.45, 2.75) is 0 Å². The number of benzene rings is 2. The Kier molecular flexibility index (Phi) is 4.49. The number of carbonyl (C=O) groups is 2. The van der Waals surface area contributed by atoms with Gasteiger partial charge in [-0.05, 0) is 30.3 Å². The molecule has 0 radical (unpaired) electrons. The lowest BCUT2D eigenvalue weighted by molar-refractivity contribution is 0.0846. The molecular weight excluding hydrogens is 302 g/mol. The third-order valence-electron chi connectivity index (χ3n) is 2.59. The van der Waals surface area contributed by atoms with E-state index in [1.807, 2.05) is 0 Å². The van der Waals surface area contributed by atoms with Crippen molar-refractivity contribution in [3.05, 3.63) is 70.2 Å². The van der Waals surface area contributed by atoms with Crippen molar-refractivity contribution < 1.29 is 18.4 Å². The van der Waals surface area contributed by atoms with E-state index in [-0.39, 0.29) is 16.1 Å². The van der Waals surface area contributed by atoms with E-state index in [9.17, 15) is 18.4 Å². The van der Waals surface area contributed by atoms with Gasteiger partial charge >= 0.3 is 0 Å². The molecule has 0 aliphatic heterocycles. The van der Waals surface area contributed by atoms with Gasteiger partial charge in [-0.2, -0.15) is 0 Å². The van der Waals surface area contributed by atoms with Gasteiger partial charge in [-0.15, -0.1) is 0 Å². The van der Waals surface area contributed by atoms with Gasteiger partial charge in [0.15, 0.2) is 11.6 Å². The van der Waals surface area contributed by atoms with E-state index in [1.54, 1.807) is 12.1 Å². The molecule has 2 amide bonds. The number of hydrogen-bond acceptors (Lipinski definition) is 2. The van der Waals surface area contributed by atoms with Crippen LogP contribution in [0, 0.1) is 11.6 Å². The summed E-state index contributed by atoms with van der Waals surface area (Å²) in [5.41, 5.74) is 4.26. The predicted molar refractivity (Wildman–Crippen MR) is 72.7 cm³/mol. The molecule has 0 atom stereocenters. The maximum Gasteiger partial charge on any atom is 0.271 e. The molecule has 0 heterocycles. The molecule has 0 unspecified atom stereocenters. The lowest BCUT2D eigenvalue weighted by Crippen LogP contribution is -2.41. The molecule has 0 aliphatic carbocycles. The summed E-state index contributed by atoms with van der Waals surface area (Å²) in [7, 11) is 0. The van der Waals surface area contributed by atoms with Crippen LogP contribution in [0.3, 0.4) is 0 Å². The summed E-state index contributed by atoms with van der Waals surface area (Å²) in [6.45, 7) is 0. The van der Waals surface area contributed by atoms with Crippen LogP contribution in [0.25, 0.3) is 0 Å². The molecule has 2 aromatic carbocycles. The highest BCUT2D eigenvalue weighted by Gasteiger charge is 2.13. The fourth-order valence-corrected chi connectivity index (χ4v) is 1.76. The van der Waals surface area contributed by atoms with Crippen LogP contribution in [0.15, 0.2) is 42.5 Å². The lowest BCUT2D eigenvalue weighted by Gasteiger charge is -2.08. The van der Waals surface area contributed by atoms with E-state index in [0.717, 1.165) is 18.2 Å². The zero-order valence-electron chi connectivity index (χ0n) is 10.5. The van der Waals surface area contributed by atoms with Crippen LogP contribution in [0.1, 0.15) is 20.7 Å². The quantitative estimate of drug-likeness (QED) is 0.838. The van der Waals surface area contributed by atoms with Crippen LogP contribution in [0.4, 0.5) is 8.78 Å². The standard InChI is InChI=1S/C14H9ClF2N2O2/c15-10-4-2-1-3-9(10)14(21)19-18-13(20)8-5-6-11(16)12(17)7-8/h1-7H,(H,18,20)(H,19,21). The SMILES string of the molecule is O=C(NNC(=O)c1ccccc1Cl)c1ccc(F)c(F)c1. The Morgan fingerprint density at radius 1 is 0.905 bits per heavy atom. The van der Waals surface area contributed by atoms with Gasteiger partial charge in [0.05, 0.1) is 10.6 Å². The number of hydrazine groups is 1. The maximum absolute atomic E-state index is 13.0. The fourth-order valence-electron chi connectivity index (χ4n) is 1.54. The van der Waals surface area contributed by atoms with Crippen LogP contribution in [-0.2, 0) is 0 Å². The van der Waals surface area contributed by atoms with Gasteiger partial charge in [0.25, 0.3) is 11.8 Å². The number of rotatable bonds is 2. The van der Waals surface area contributed by atoms with Crippen LogP contribution < -0.4 is 10.9 Å². The van der Waals surface area contributed by atoms with Crippen molar-refractivity contribution in [2.24, 2.45) is 0 Å². The number of nitrogens with one attached hydrogen (secondary N) is 2. The molecule has 0 bridgehead atoms. The summed E-state index contributed by atoms with van der Waals surface area (Å²) in [4.78, 5) is 23.5. The Morgan fingerprint density at radius 2 is 1.57 bits per heavy atom. The van der Waals surface area contributed by atoms with Crippen molar-refractivity contribution in [1.29, 1.82) is 0 Å². The molecule has 4 nitrogen and oxygen atoms in total. The molecule has 0 aliphatic rings. The summed E-state index contributed by atoms with van der Waals surface area (Å²) in [6.07, 6.45) is 0. The molecule has 0 fully saturated rings. The average Bonchev–Trinajstić information content (AvgIpc) is 2.47. The van der Waals surface area contributed by atoms with E-state index in [2.05, 4.69) is 10.9 Å². The molecule has 0 aromatic heterocycles. The summed E-state index contributed by atoms with van der Waals surface area (Å²) in [5, 5.41) is 0.220. The smallest absolute Gasteiger partial charge is 0.267 e. The Balaban J connectivity index is 2.02. The Hall–Kier alpha value is -2.47. The first-order chi connectivity index (χ1) is 9.99. The second-order valence-electron chi connectivity index (χ2n) is 4.02. The van der Waals surface area contributed by atoms with E-state index in [1.165, 1.54) is 12.1 Å². The molecule has 2 rings (SSSR count). The van der Waals surface area contributed by atoms with Gasteiger partial charge in [-0.3, -0.25) is 20.4 Å². The van der Waals surface area contributed by atoms with Crippen molar-refractivity contribution in [1.82, 2.24) is 10.9 Å². The summed E-state index contributed by atoms with van der Waals surface area (Å²) in [6, 6.07) is 8.90. The van der Waals surface area contributed by atoms with Crippen molar-refractivity contribution >= 4 is 23.4 Å². The summed E-state index contributed by atoms with van der Waals surface area (Å²) in [5.74, 6) is -3.63. The van der Waals surface area contributed by atoms with Crippen molar-refractivity contribution in [2.75, 3.05) is 0 Å². The van der Waals surface area contributed by atoms with Gasteiger partial charge in [0.2, 0.25) is 0 Å². The fraction of sp³-hybridized carbons (Fsp3) is 0. The maximum atomic E-state index is 13.0. The second kappa shape index (κ2) is 6.32. The van der Waals surface area contributed by atoms with Crippen molar-refractivity contribution in [3.63, 3.8) is 0 Å². The normalized spacial score (nSPS) is 10.0. The summed E-state index contributed by atoms with van der Waals surface area (Å²) >= 11 is 5.82. The Labute approximate surface area is 123 Å². The first kappa shape index (κ1) is 14.9. The third-order valence-corrected chi connectivity index (χ3v) is 2.92. The molecule has 0 saturated carbocycles. The number of halogens is 3. The third kappa shape index (κ3) is 3.55.